The molecule has 3 rings (SSSR count). The van der Waals surface area contributed by atoms with Crippen LogP contribution in [-0.4, -0.2) is 41.5 Å². The van der Waals surface area contributed by atoms with Gasteiger partial charge in [-0.2, -0.15) is 0 Å². The van der Waals surface area contributed by atoms with Crippen molar-refractivity contribution in [3.63, 3.8) is 0 Å². The van der Waals surface area contributed by atoms with E-state index in [1.54, 1.807) is 24.4 Å². The van der Waals surface area contributed by atoms with Crippen LogP contribution in [0.1, 0.15) is 13.3 Å². The molecule has 0 radical (unpaired) electrons. The van der Waals surface area contributed by atoms with Gasteiger partial charge in [0, 0.05) is 43.9 Å². The minimum absolute atomic E-state index is 0.0860. The molecule has 0 bridgehead atoms. The van der Waals surface area contributed by atoms with E-state index in [-0.39, 0.29) is 23.8 Å². The largest absolute Gasteiger partial charge is 0.494 e. The third kappa shape index (κ3) is 3.24. The first-order valence-electron chi connectivity index (χ1n) is 8.39. The topological polar surface area (TPSA) is 67.6 Å². The van der Waals surface area contributed by atoms with Crippen LogP contribution in [0.3, 0.4) is 0 Å². The molecule has 1 aromatic carbocycles. The number of hydrogen-bond acceptors (Lipinski definition) is 5. The van der Waals surface area contributed by atoms with E-state index in [9.17, 15) is 14.3 Å². The molecule has 1 aliphatic heterocycles. The van der Waals surface area contributed by atoms with E-state index in [1.807, 2.05) is 11.8 Å². The Hall–Kier alpha value is -2.41. The molecule has 1 aromatic heterocycles. The van der Waals surface area contributed by atoms with E-state index in [1.165, 1.54) is 11.7 Å². The molecular formula is C18H22FN3O3. The molecule has 1 aliphatic rings. The summed E-state index contributed by atoms with van der Waals surface area (Å²) in [6.45, 7) is 3.64. The van der Waals surface area contributed by atoms with Crippen LogP contribution >= 0.6 is 0 Å². The van der Waals surface area contributed by atoms with E-state index in [4.69, 9.17) is 4.74 Å². The van der Waals surface area contributed by atoms with E-state index >= 15 is 0 Å². The summed E-state index contributed by atoms with van der Waals surface area (Å²) in [5.41, 5.74) is 0.481. The summed E-state index contributed by atoms with van der Waals surface area (Å²) in [6.07, 6.45) is 2.38. The Bertz CT molecular complexity index is 822. The summed E-state index contributed by atoms with van der Waals surface area (Å²) in [4.78, 5) is 19.0. The maximum absolute atomic E-state index is 14.6. The molecule has 6 nitrogen and oxygen atoms in total. The second-order valence-corrected chi connectivity index (χ2v) is 6.15. The fourth-order valence-corrected chi connectivity index (χ4v) is 3.14. The zero-order valence-electron chi connectivity index (χ0n) is 14.4. The highest BCUT2D eigenvalue weighted by molar-refractivity contribution is 5.63. The van der Waals surface area contributed by atoms with E-state index < -0.39 is 5.82 Å². The molecule has 25 heavy (non-hydrogen) atoms. The lowest BCUT2D eigenvalue weighted by Crippen LogP contribution is -2.32. The van der Waals surface area contributed by atoms with Gasteiger partial charge >= 0.3 is 0 Å². The van der Waals surface area contributed by atoms with Gasteiger partial charge in [-0.25, -0.2) is 9.37 Å². The highest BCUT2D eigenvalue weighted by atomic mass is 19.1. The Morgan fingerprint density at radius 1 is 1.44 bits per heavy atom. The second-order valence-electron chi connectivity index (χ2n) is 6.15. The Morgan fingerprint density at radius 2 is 2.24 bits per heavy atom. The highest BCUT2D eigenvalue weighted by Crippen LogP contribution is 2.29. The quantitative estimate of drug-likeness (QED) is 0.895. The molecular weight excluding hydrogens is 325 g/mol. The molecule has 0 aliphatic carbocycles. The summed E-state index contributed by atoms with van der Waals surface area (Å²) in [5, 5.41) is 9.33. The van der Waals surface area contributed by atoms with Crippen molar-refractivity contribution in [3.8, 4) is 17.0 Å². The number of hydrogen-bond donors (Lipinski definition) is 1. The number of rotatable bonds is 5. The predicted molar refractivity (Wildman–Crippen MR) is 93.5 cm³/mol. The van der Waals surface area contributed by atoms with Crippen LogP contribution in [0.25, 0.3) is 11.3 Å². The first kappa shape index (κ1) is 17.4. The third-order valence-corrected chi connectivity index (χ3v) is 4.60. The van der Waals surface area contributed by atoms with Gasteiger partial charge in [-0.1, -0.05) is 6.07 Å². The van der Waals surface area contributed by atoms with Crippen molar-refractivity contribution in [1.29, 1.82) is 0 Å². The number of ether oxygens (including phenoxy) is 1. The van der Waals surface area contributed by atoms with Gasteiger partial charge in [0.15, 0.2) is 17.4 Å². The minimum atomic E-state index is -0.501. The predicted octanol–water partition coefficient (Wildman–Crippen LogP) is 1.90. The summed E-state index contributed by atoms with van der Waals surface area (Å²) in [5.74, 6) is 0.0713. The van der Waals surface area contributed by atoms with Gasteiger partial charge in [0.1, 0.15) is 0 Å². The van der Waals surface area contributed by atoms with Gasteiger partial charge in [-0.3, -0.25) is 4.79 Å². The standard InChI is InChI=1S/C18H22FN3O3/c1-3-21-10-14(13-5-4-6-15(25-2)16(13)19)20-17(18(21)24)22-8-7-12(9-22)11-23/h4-6,10,12,23H,3,7-9,11H2,1-2H3/t12-/m1/s1. The summed E-state index contributed by atoms with van der Waals surface area (Å²) in [7, 11) is 1.41. The van der Waals surface area contributed by atoms with Gasteiger partial charge in [-0.05, 0) is 25.5 Å². The maximum atomic E-state index is 14.6. The summed E-state index contributed by atoms with van der Waals surface area (Å²) < 4.78 is 21.2. The number of nitrogens with zero attached hydrogens (tertiary/aromatic N) is 3. The van der Waals surface area contributed by atoms with Crippen LogP contribution in [0.4, 0.5) is 10.2 Å². The molecule has 0 amide bonds. The second kappa shape index (κ2) is 7.23. The van der Waals surface area contributed by atoms with Crippen molar-refractivity contribution in [1.82, 2.24) is 9.55 Å². The molecule has 7 heteroatoms. The summed E-state index contributed by atoms with van der Waals surface area (Å²) >= 11 is 0. The molecule has 0 spiro atoms. The fourth-order valence-electron chi connectivity index (χ4n) is 3.14. The molecule has 1 N–H and O–H groups in total. The van der Waals surface area contributed by atoms with Crippen LogP contribution in [0.5, 0.6) is 5.75 Å². The Labute approximate surface area is 145 Å². The number of anilines is 1. The fraction of sp³-hybridized carbons (Fsp3) is 0.444. The molecule has 1 atom stereocenters. The number of aromatic nitrogens is 2. The third-order valence-electron chi connectivity index (χ3n) is 4.60. The zero-order chi connectivity index (χ0) is 18.0. The SMILES string of the molecule is CCn1cc(-c2cccc(OC)c2F)nc(N2CC[C@@H](CO)C2)c1=O. The maximum Gasteiger partial charge on any atom is 0.293 e. The van der Waals surface area contributed by atoms with Crippen LogP contribution in [-0.2, 0) is 6.54 Å². The number of aryl methyl sites for hydroxylation is 1. The van der Waals surface area contributed by atoms with Crippen molar-refractivity contribution in [3.05, 3.63) is 40.6 Å². The lowest BCUT2D eigenvalue weighted by Gasteiger charge is -2.19. The Kier molecular flexibility index (Phi) is 5.03. The first-order valence-corrected chi connectivity index (χ1v) is 8.39. The Morgan fingerprint density at radius 3 is 2.88 bits per heavy atom. The van der Waals surface area contributed by atoms with Crippen molar-refractivity contribution in [2.75, 3.05) is 31.7 Å². The molecule has 0 saturated carbocycles. The van der Waals surface area contributed by atoms with Crippen LogP contribution in [0.2, 0.25) is 0 Å². The number of benzene rings is 1. The number of halogens is 1. The normalized spacial score (nSPS) is 17.1. The molecule has 1 fully saturated rings. The van der Waals surface area contributed by atoms with Gasteiger partial charge in [0.2, 0.25) is 0 Å². The van der Waals surface area contributed by atoms with E-state index in [0.717, 1.165) is 6.42 Å². The number of aliphatic hydroxyl groups excluding tert-OH is 1. The molecule has 2 heterocycles. The zero-order valence-corrected chi connectivity index (χ0v) is 14.4. The highest BCUT2D eigenvalue weighted by Gasteiger charge is 2.26. The average Bonchev–Trinajstić information content (AvgIpc) is 3.11. The van der Waals surface area contributed by atoms with Gasteiger partial charge in [0.05, 0.1) is 12.8 Å². The van der Waals surface area contributed by atoms with Crippen molar-refractivity contribution >= 4 is 5.82 Å². The van der Waals surface area contributed by atoms with E-state index in [2.05, 4.69) is 4.98 Å². The molecule has 1 saturated heterocycles. The van der Waals surface area contributed by atoms with E-state index in [0.29, 0.717) is 36.7 Å². The minimum Gasteiger partial charge on any atom is -0.494 e. The lowest BCUT2D eigenvalue weighted by molar-refractivity contribution is 0.238. The van der Waals surface area contributed by atoms with Crippen LogP contribution < -0.4 is 15.2 Å². The first-order chi connectivity index (χ1) is 12.1. The van der Waals surface area contributed by atoms with Crippen molar-refractivity contribution in [2.24, 2.45) is 5.92 Å². The molecule has 0 unspecified atom stereocenters. The van der Waals surface area contributed by atoms with Crippen LogP contribution in [0.15, 0.2) is 29.2 Å². The number of aliphatic hydroxyl groups is 1. The van der Waals surface area contributed by atoms with Crippen molar-refractivity contribution < 1.29 is 14.2 Å². The monoisotopic (exact) mass is 347 g/mol. The smallest absolute Gasteiger partial charge is 0.293 e. The van der Waals surface area contributed by atoms with Gasteiger partial charge in [-0.15, -0.1) is 0 Å². The van der Waals surface area contributed by atoms with Gasteiger partial charge in [0.25, 0.3) is 5.56 Å². The van der Waals surface area contributed by atoms with Crippen LogP contribution in [0, 0.1) is 11.7 Å². The number of methoxy groups -OCH3 is 1. The van der Waals surface area contributed by atoms with Gasteiger partial charge < -0.3 is 19.3 Å². The summed E-state index contributed by atoms with van der Waals surface area (Å²) in [6, 6.07) is 4.86. The molecule has 2 aromatic rings. The average molecular weight is 347 g/mol. The van der Waals surface area contributed by atoms with Crippen molar-refractivity contribution in [2.45, 2.75) is 19.9 Å². The Balaban J connectivity index is 2.10. The lowest BCUT2D eigenvalue weighted by atomic mass is 10.1. The molecule has 134 valence electrons.